The molecule has 0 saturated heterocycles. The van der Waals surface area contributed by atoms with Crippen molar-refractivity contribution in [2.24, 2.45) is 0 Å². The van der Waals surface area contributed by atoms with Gasteiger partial charge in [-0.3, -0.25) is 9.52 Å². The Morgan fingerprint density at radius 3 is 1.92 bits per heavy atom. The van der Waals surface area contributed by atoms with Crippen molar-refractivity contribution in [3.63, 3.8) is 0 Å². The molecule has 0 saturated carbocycles. The normalized spacial score (nSPS) is 11.0. The fourth-order valence-electron chi connectivity index (χ4n) is 2.35. The van der Waals surface area contributed by atoms with Crippen LogP contribution in [0.15, 0.2) is 89.8 Å². The molecular formula is C19H15NO3S. The number of nitrogens with one attached hydrogen (secondary N) is 1. The average Bonchev–Trinajstić information content (AvgIpc) is 2.62. The molecule has 0 heterocycles. The fourth-order valence-corrected chi connectivity index (χ4v) is 3.61. The molecule has 5 heteroatoms. The number of rotatable bonds is 5. The number of benzene rings is 3. The zero-order chi connectivity index (χ0) is 17.0. The Balaban J connectivity index is 2.02. The Morgan fingerprint density at radius 1 is 0.708 bits per heavy atom. The van der Waals surface area contributed by atoms with Gasteiger partial charge in [-0.2, -0.15) is 0 Å². The van der Waals surface area contributed by atoms with E-state index in [1.165, 1.54) is 12.1 Å². The molecule has 3 rings (SSSR count). The van der Waals surface area contributed by atoms with Crippen LogP contribution < -0.4 is 4.72 Å². The zero-order valence-electron chi connectivity index (χ0n) is 12.7. The van der Waals surface area contributed by atoms with E-state index in [0.717, 1.165) is 0 Å². The van der Waals surface area contributed by atoms with Crippen LogP contribution in [0.2, 0.25) is 0 Å². The Kier molecular flexibility index (Phi) is 4.44. The summed E-state index contributed by atoms with van der Waals surface area (Å²) in [5.74, 6) is -0.329. The highest BCUT2D eigenvalue weighted by Crippen LogP contribution is 2.22. The van der Waals surface area contributed by atoms with Gasteiger partial charge in [0.05, 0.1) is 4.90 Å². The van der Waals surface area contributed by atoms with Crippen LogP contribution >= 0.6 is 0 Å². The zero-order valence-corrected chi connectivity index (χ0v) is 13.5. The Labute approximate surface area is 140 Å². The van der Waals surface area contributed by atoms with Gasteiger partial charge in [0.2, 0.25) is 0 Å². The lowest BCUT2D eigenvalue weighted by Gasteiger charge is -2.11. The number of carbonyl (C=O) groups is 1. The van der Waals surface area contributed by atoms with Crippen LogP contribution in [0.3, 0.4) is 0 Å². The minimum atomic E-state index is -3.87. The summed E-state index contributed by atoms with van der Waals surface area (Å²) in [6.07, 6.45) is 0. The van der Waals surface area contributed by atoms with Crippen molar-refractivity contribution < 1.29 is 13.2 Å². The summed E-state index contributed by atoms with van der Waals surface area (Å²) in [7, 11) is -3.87. The fraction of sp³-hybridized carbons (Fsp3) is 0. The first kappa shape index (κ1) is 16.0. The summed E-state index contributed by atoms with van der Waals surface area (Å²) in [6, 6.07) is 23.4. The molecule has 0 spiro atoms. The Morgan fingerprint density at radius 2 is 1.25 bits per heavy atom. The Hall–Kier alpha value is -2.92. The van der Waals surface area contributed by atoms with E-state index in [9.17, 15) is 13.2 Å². The number of ketones is 1. The quantitative estimate of drug-likeness (QED) is 0.722. The number of hydrogen-bond donors (Lipinski definition) is 1. The predicted molar refractivity (Wildman–Crippen MR) is 93.6 cm³/mol. The maximum Gasteiger partial charge on any atom is 0.262 e. The second kappa shape index (κ2) is 6.68. The summed E-state index contributed by atoms with van der Waals surface area (Å²) in [4.78, 5) is 12.6. The van der Waals surface area contributed by atoms with E-state index in [2.05, 4.69) is 4.72 Å². The predicted octanol–water partition coefficient (Wildman–Crippen LogP) is 3.72. The molecule has 24 heavy (non-hydrogen) atoms. The lowest BCUT2D eigenvalue weighted by Crippen LogP contribution is -2.17. The first-order valence-electron chi connectivity index (χ1n) is 7.34. The molecule has 0 aromatic heterocycles. The third-order valence-corrected chi connectivity index (χ3v) is 4.92. The molecule has 0 unspecified atom stereocenters. The molecule has 0 radical (unpaired) electrons. The van der Waals surface area contributed by atoms with Gasteiger partial charge in [0, 0.05) is 16.8 Å². The van der Waals surface area contributed by atoms with E-state index in [1.807, 2.05) is 0 Å². The van der Waals surface area contributed by atoms with Gasteiger partial charge >= 0.3 is 0 Å². The molecule has 0 atom stereocenters. The lowest BCUT2D eigenvalue weighted by atomic mass is 10.0. The highest BCUT2D eigenvalue weighted by atomic mass is 32.2. The number of para-hydroxylation sites is 1. The van der Waals surface area contributed by atoms with Crippen LogP contribution in [0.5, 0.6) is 0 Å². The minimum Gasteiger partial charge on any atom is -0.289 e. The van der Waals surface area contributed by atoms with Crippen LogP contribution in [-0.2, 0) is 10.0 Å². The highest BCUT2D eigenvalue weighted by molar-refractivity contribution is 7.92. The first-order chi connectivity index (χ1) is 11.6. The van der Waals surface area contributed by atoms with Crippen molar-refractivity contribution in [3.8, 4) is 0 Å². The molecule has 0 fully saturated rings. The molecule has 4 nitrogen and oxygen atoms in total. The highest BCUT2D eigenvalue weighted by Gasteiger charge is 2.22. The molecule has 0 bridgehead atoms. The summed E-state index contributed by atoms with van der Waals surface area (Å²) < 4.78 is 27.9. The Bertz CT molecular complexity index is 952. The van der Waals surface area contributed by atoms with Gasteiger partial charge in [-0.1, -0.05) is 60.7 Å². The molecular weight excluding hydrogens is 322 g/mol. The summed E-state index contributed by atoms with van der Waals surface area (Å²) in [5.41, 5.74) is 1.03. The second-order valence-electron chi connectivity index (χ2n) is 5.16. The van der Waals surface area contributed by atoms with Gasteiger partial charge in [0.15, 0.2) is 5.78 Å². The molecule has 3 aromatic rings. The molecule has 0 amide bonds. The van der Waals surface area contributed by atoms with Gasteiger partial charge in [-0.25, -0.2) is 8.42 Å². The van der Waals surface area contributed by atoms with E-state index >= 15 is 0 Å². The van der Waals surface area contributed by atoms with Gasteiger partial charge in [-0.05, 0) is 24.3 Å². The average molecular weight is 337 g/mol. The van der Waals surface area contributed by atoms with Crippen molar-refractivity contribution in [2.75, 3.05) is 4.72 Å². The van der Waals surface area contributed by atoms with E-state index in [4.69, 9.17) is 0 Å². The third kappa shape index (κ3) is 3.36. The number of anilines is 1. The maximum absolute atomic E-state index is 12.7. The summed E-state index contributed by atoms with van der Waals surface area (Å²) >= 11 is 0. The SMILES string of the molecule is O=C(c1ccccc1)c1ccccc1S(=O)(=O)Nc1ccccc1. The number of carbonyl (C=O) groups excluding carboxylic acids is 1. The van der Waals surface area contributed by atoms with E-state index in [1.54, 1.807) is 72.8 Å². The van der Waals surface area contributed by atoms with E-state index in [0.29, 0.717) is 11.3 Å². The summed E-state index contributed by atoms with van der Waals surface area (Å²) in [5, 5.41) is 0. The molecule has 1 N–H and O–H groups in total. The van der Waals surface area contributed by atoms with E-state index in [-0.39, 0.29) is 16.2 Å². The van der Waals surface area contributed by atoms with Gasteiger partial charge < -0.3 is 0 Å². The molecule has 0 aliphatic rings. The molecule has 0 aliphatic heterocycles. The smallest absolute Gasteiger partial charge is 0.262 e. The van der Waals surface area contributed by atoms with Crippen LogP contribution in [0.1, 0.15) is 15.9 Å². The van der Waals surface area contributed by atoms with Crippen molar-refractivity contribution in [2.45, 2.75) is 4.90 Å². The number of sulfonamides is 1. The van der Waals surface area contributed by atoms with E-state index < -0.39 is 10.0 Å². The van der Waals surface area contributed by atoms with Crippen LogP contribution in [0, 0.1) is 0 Å². The molecule has 120 valence electrons. The third-order valence-electron chi connectivity index (χ3n) is 3.48. The van der Waals surface area contributed by atoms with Crippen molar-refractivity contribution in [3.05, 3.63) is 96.1 Å². The van der Waals surface area contributed by atoms with Crippen molar-refractivity contribution >= 4 is 21.5 Å². The maximum atomic E-state index is 12.7. The minimum absolute atomic E-state index is 0.0392. The first-order valence-corrected chi connectivity index (χ1v) is 8.83. The standard InChI is InChI=1S/C19H15NO3S/c21-19(15-9-3-1-4-10-15)17-13-7-8-14-18(17)24(22,23)20-16-11-5-2-6-12-16/h1-14,20H. The van der Waals surface area contributed by atoms with Gasteiger partial charge in [0.25, 0.3) is 10.0 Å². The summed E-state index contributed by atoms with van der Waals surface area (Å²) in [6.45, 7) is 0. The van der Waals surface area contributed by atoms with Crippen molar-refractivity contribution in [1.29, 1.82) is 0 Å². The lowest BCUT2D eigenvalue weighted by molar-refractivity contribution is 0.103. The van der Waals surface area contributed by atoms with Crippen LogP contribution in [0.4, 0.5) is 5.69 Å². The van der Waals surface area contributed by atoms with Gasteiger partial charge in [0.1, 0.15) is 0 Å². The largest absolute Gasteiger partial charge is 0.289 e. The van der Waals surface area contributed by atoms with Crippen LogP contribution in [0.25, 0.3) is 0 Å². The topological polar surface area (TPSA) is 63.2 Å². The monoisotopic (exact) mass is 337 g/mol. The van der Waals surface area contributed by atoms with Crippen LogP contribution in [-0.4, -0.2) is 14.2 Å². The van der Waals surface area contributed by atoms with Crippen molar-refractivity contribution in [1.82, 2.24) is 0 Å². The second-order valence-corrected chi connectivity index (χ2v) is 6.81. The number of hydrogen-bond acceptors (Lipinski definition) is 3. The molecule has 0 aliphatic carbocycles. The van der Waals surface area contributed by atoms with Gasteiger partial charge in [-0.15, -0.1) is 0 Å². The molecule has 3 aromatic carbocycles.